The number of alkyl halides is 3. The molecule has 2 aromatic rings. The van der Waals surface area contributed by atoms with Gasteiger partial charge in [0.25, 0.3) is 5.56 Å². The lowest BCUT2D eigenvalue weighted by molar-refractivity contribution is -0.181. The fraction of sp³-hybridized carbons (Fsp3) is 0.438. The average molecular weight is 339 g/mol. The zero-order valence-electron chi connectivity index (χ0n) is 13.0. The Labute approximate surface area is 135 Å². The lowest BCUT2D eigenvalue weighted by Crippen LogP contribution is -2.58. The summed E-state index contributed by atoms with van der Waals surface area (Å²) in [6.45, 7) is 1.68. The van der Waals surface area contributed by atoms with Gasteiger partial charge >= 0.3 is 6.18 Å². The van der Waals surface area contributed by atoms with Gasteiger partial charge in [-0.25, -0.2) is 5.10 Å². The van der Waals surface area contributed by atoms with E-state index in [1.807, 2.05) is 0 Å². The Kier molecular flexibility index (Phi) is 3.85. The summed E-state index contributed by atoms with van der Waals surface area (Å²) in [5.41, 5.74) is -0.850. The lowest BCUT2D eigenvalue weighted by Gasteiger charge is -2.48. The molecular formula is C16H16F3N3O2. The number of likely N-dealkylation sites (tertiary alicyclic amines) is 1. The Hall–Kier alpha value is -2.38. The smallest absolute Gasteiger partial charge is 0.341 e. The number of aromatic nitrogens is 2. The number of benzene rings is 1. The summed E-state index contributed by atoms with van der Waals surface area (Å²) in [5, 5.41) is 7.27. The van der Waals surface area contributed by atoms with Crippen LogP contribution in [0.25, 0.3) is 10.8 Å². The summed E-state index contributed by atoms with van der Waals surface area (Å²) in [6, 6.07) is 6.78. The summed E-state index contributed by atoms with van der Waals surface area (Å²) in [4.78, 5) is 25.4. The van der Waals surface area contributed by atoms with Crippen molar-refractivity contribution in [3.8, 4) is 0 Å². The molecule has 1 aromatic carbocycles. The van der Waals surface area contributed by atoms with Gasteiger partial charge in [0.15, 0.2) is 0 Å². The van der Waals surface area contributed by atoms with Crippen LogP contribution in [0.1, 0.15) is 19.0 Å². The number of hydrogen-bond acceptors (Lipinski definition) is 3. The molecule has 1 N–H and O–H groups in total. The van der Waals surface area contributed by atoms with Crippen LogP contribution < -0.4 is 5.56 Å². The van der Waals surface area contributed by atoms with E-state index in [2.05, 4.69) is 10.2 Å². The molecule has 0 spiro atoms. The van der Waals surface area contributed by atoms with Crippen molar-refractivity contribution in [1.82, 2.24) is 15.1 Å². The zero-order valence-corrected chi connectivity index (χ0v) is 13.0. The minimum absolute atomic E-state index is 0.0562. The van der Waals surface area contributed by atoms with Gasteiger partial charge < -0.3 is 4.90 Å². The first-order chi connectivity index (χ1) is 11.2. The summed E-state index contributed by atoms with van der Waals surface area (Å²) in [6.07, 6.45) is -5.19. The monoisotopic (exact) mass is 339 g/mol. The number of halogens is 3. The summed E-state index contributed by atoms with van der Waals surface area (Å²) in [7, 11) is 0. The Morgan fingerprint density at radius 2 is 1.92 bits per heavy atom. The minimum Gasteiger partial charge on any atom is -0.341 e. The van der Waals surface area contributed by atoms with Crippen molar-refractivity contribution in [1.29, 1.82) is 0 Å². The van der Waals surface area contributed by atoms with Gasteiger partial charge in [-0.1, -0.05) is 25.1 Å². The Balaban J connectivity index is 1.72. The summed E-state index contributed by atoms with van der Waals surface area (Å²) in [5.74, 6) is -0.292. The number of carbonyl (C=O) groups excluding carboxylic acids is 1. The molecule has 1 fully saturated rings. The third-order valence-electron chi connectivity index (χ3n) is 4.22. The highest BCUT2D eigenvalue weighted by molar-refractivity contribution is 5.88. The van der Waals surface area contributed by atoms with E-state index >= 15 is 0 Å². The molecule has 24 heavy (non-hydrogen) atoms. The van der Waals surface area contributed by atoms with E-state index < -0.39 is 18.0 Å². The Morgan fingerprint density at radius 3 is 2.54 bits per heavy atom. The summed E-state index contributed by atoms with van der Waals surface area (Å²) >= 11 is 0. The van der Waals surface area contributed by atoms with Gasteiger partial charge in [0.05, 0.1) is 23.9 Å². The molecule has 1 aromatic heterocycles. The average Bonchev–Trinajstić information content (AvgIpc) is 2.46. The van der Waals surface area contributed by atoms with Crippen molar-refractivity contribution >= 4 is 16.7 Å². The fourth-order valence-corrected chi connectivity index (χ4v) is 3.21. The number of carbonyl (C=O) groups is 1. The second-order valence-electron chi connectivity index (χ2n) is 6.57. The van der Waals surface area contributed by atoms with Gasteiger partial charge in [-0.3, -0.25) is 9.59 Å². The standard InChI is InChI=1S/C16H16F3N3O2/c1-15(7-16(17,18)19)8-22(9-15)13(23)6-12-10-4-2-3-5-11(10)14(24)21-20-12/h2-5H,6-9H2,1H3,(H,21,24). The number of nitrogens with zero attached hydrogens (tertiary/aromatic N) is 2. The van der Waals surface area contributed by atoms with E-state index in [-0.39, 0.29) is 31.0 Å². The minimum atomic E-state index is -4.24. The normalized spacial score (nSPS) is 16.9. The largest absolute Gasteiger partial charge is 0.389 e. The summed E-state index contributed by atoms with van der Waals surface area (Å²) < 4.78 is 37.5. The van der Waals surface area contributed by atoms with Gasteiger partial charge in [-0.05, 0) is 6.07 Å². The van der Waals surface area contributed by atoms with E-state index in [9.17, 15) is 22.8 Å². The topological polar surface area (TPSA) is 66.1 Å². The van der Waals surface area contributed by atoms with Crippen LogP contribution in [0.5, 0.6) is 0 Å². The molecule has 1 saturated heterocycles. The first-order valence-electron chi connectivity index (χ1n) is 7.48. The van der Waals surface area contributed by atoms with E-state index in [1.165, 1.54) is 11.8 Å². The third kappa shape index (κ3) is 3.27. The molecule has 5 nitrogen and oxygen atoms in total. The van der Waals surface area contributed by atoms with Crippen LogP contribution in [0.15, 0.2) is 29.1 Å². The van der Waals surface area contributed by atoms with E-state index in [4.69, 9.17) is 0 Å². The van der Waals surface area contributed by atoms with Crippen molar-refractivity contribution in [3.05, 3.63) is 40.3 Å². The van der Waals surface area contributed by atoms with E-state index in [1.54, 1.807) is 24.3 Å². The predicted octanol–water partition coefficient (Wildman–Crippen LogP) is 2.27. The Bertz CT molecular complexity index is 838. The SMILES string of the molecule is CC1(CC(F)(F)F)CN(C(=O)Cc2n[nH]c(=O)c3ccccc23)C1. The van der Waals surface area contributed by atoms with Gasteiger partial charge in [0, 0.05) is 23.9 Å². The molecule has 0 atom stereocenters. The number of hydrogen-bond donors (Lipinski definition) is 1. The van der Waals surface area contributed by atoms with Gasteiger partial charge in [-0.15, -0.1) is 0 Å². The molecule has 0 aliphatic carbocycles. The molecule has 128 valence electrons. The molecule has 0 unspecified atom stereocenters. The van der Waals surface area contributed by atoms with Gasteiger partial charge in [0.2, 0.25) is 5.91 Å². The number of fused-ring (bicyclic) bond motifs is 1. The van der Waals surface area contributed by atoms with Crippen LogP contribution >= 0.6 is 0 Å². The molecule has 0 radical (unpaired) electrons. The zero-order chi connectivity index (χ0) is 17.5. The van der Waals surface area contributed by atoms with Crippen LogP contribution in [0.4, 0.5) is 13.2 Å². The van der Waals surface area contributed by atoms with Crippen LogP contribution in [-0.4, -0.2) is 40.3 Å². The molecule has 3 rings (SSSR count). The molecule has 8 heteroatoms. The number of rotatable bonds is 3. The molecule has 2 heterocycles. The number of nitrogens with one attached hydrogen (secondary N) is 1. The predicted molar refractivity (Wildman–Crippen MR) is 81.4 cm³/mol. The van der Waals surface area contributed by atoms with Crippen LogP contribution in [-0.2, 0) is 11.2 Å². The lowest BCUT2D eigenvalue weighted by atomic mass is 9.78. The van der Waals surface area contributed by atoms with Crippen molar-refractivity contribution in [3.63, 3.8) is 0 Å². The van der Waals surface area contributed by atoms with Crippen LogP contribution in [0.2, 0.25) is 0 Å². The first-order valence-corrected chi connectivity index (χ1v) is 7.48. The van der Waals surface area contributed by atoms with E-state index in [0.717, 1.165) is 0 Å². The van der Waals surface area contributed by atoms with E-state index in [0.29, 0.717) is 16.5 Å². The Morgan fingerprint density at radius 1 is 1.29 bits per heavy atom. The van der Waals surface area contributed by atoms with Crippen molar-refractivity contribution in [2.45, 2.75) is 25.9 Å². The second-order valence-corrected chi connectivity index (χ2v) is 6.57. The maximum atomic E-state index is 12.5. The number of H-pyrrole nitrogens is 1. The highest BCUT2D eigenvalue weighted by atomic mass is 19.4. The van der Waals surface area contributed by atoms with Crippen LogP contribution in [0.3, 0.4) is 0 Å². The second kappa shape index (κ2) is 5.61. The number of aromatic amines is 1. The maximum absolute atomic E-state index is 12.5. The molecule has 1 amide bonds. The maximum Gasteiger partial charge on any atom is 0.389 e. The van der Waals surface area contributed by atoms with Crippen molar-refractivity contribution in [2.24, 2.45) is 5.41 Å². The van der Waals surface area contributed by atoms with Crippen LogP contribution in [0, 0.1) is 5.41 Å². The van der Waals surface area contributed by atoms with Crippen molar-refractivity contribution in [2.75, 3.05) is 13.1 Å². The highest BCUT2D eigenvalue weighted by Crippen LogP contribution is 2.40. The third-order valence-corrected chi connectivity index (χ3v) is 4.22. The molecule has 0 bridgehead atoms. The first kappa shape index (κ1) is 16.5. The number of amides is 1. The van der Waals surface area contributed by atoms with Crippen molar-refractivity contribution < 1.29 is 18.0 Å². The fourth-order valence-electron chi connectivity index (χ4n) is 3.21. The molecule has 1 aliphatic heterocycles. The molecule has 0 saturated carbocycles. The quantitative estimate of drug-likeness (QED) is 0.933. The highest BCUT2D eigenvalue weighted by Gasteiger charge is 2.48. The molecular weight excluding hydrogens is 323 g/mol. The molecule has 1 aliphatic rings. The van der Waals surface area contributed by atoms with Gasteiger partial charge in [-0.2, -0.15) is 18.3 Å². The van der Waals surface area contributed by atoms with Gasteiger partial charge in [0.1, 0.15) is 0 Å².